The van der Waals surface area contributed by atoms with E-state index in [1.165, 1.54) is 29.4 Å². The largest absolute Gasteiger partial charge is 0.352 e. The maximum absolute atomic E-state index is 11.8. The molecule has 1 aromatic rings. The van der Waals surface area contributed by atoms with Gasteiger partial charge in [0.05, 0.1) is 5.25 Å². The number of carbonyl (C=O) groups is 1. The fourth-order valence-electron chi connectivity index (χ4n) is 1.75. The highest BCUT2D eigenvalue weighted by Gasteiger charge is 2.25. The third kappa shape index (κ3) is 3.33. The molecule has 1 aliphatic rings. The summed E-state index contributed by atoms with van der Waals surface area (Å²) in [7, 11) is 3.08. The monoisotopic (exact) mass is 297 g/mol. The molecule has 110 valence electrons. The van der Waals surface area contributed by atoms with Gasteiger partial charge in [-0.3, -0.25) is 18.7 Å². The molecule has 1 atom stereocenters. The van der Waals surface area contributed by atoms with Crippen molar-refractivity contribution in [1.82, 2.24) is 14.5 Å². The van der Waals surface area contributed by atoms with Crippen molar-refractivity contribution in [2.45, 2.75) is 36.8 Å². The number of hydrogen-bond acceptors (Lipinski definition) is 4. The predicted molar refractivity (Wildman–Crippen MR) is 78.8 cm³/mol. The molecule has 1 aromatic heterocycles. The van der Waals surface area contributed by atoms with Crippen LogP contribution in [-0.2, 0) is 24.6 Å². The van der Waals surface area contributed by atoms with Gasteiger partial charge in [0.25, 0.3) is 5.56 Å². The lowest BCUT2D eigenvalue weighted by atomic mass is 10.4. The molecular formula is C13H19N3O3S. The first kappa shape index (κ1) is 14.9. The maximum Gasteiger partial charge on any atom is 0.330 e. The third-order valence-corrected chi connectivity index (χ3v) is 4.58. The topological polar surface area (TPSA) is 73.1 Å². The van der Waals surface area contributed by atoms with Crippen LogP contribution in [0.15, 0.2) is 15.7 Å². The molecule has 6 nitrogen and oxygen atoms in total. The van der Waals surface area contributed by atoms with E-state index in [0.717, 1.165) is 17.4 Å². The second-order valence-electron chi connectivity index (χ2n) is 5.11. The zero-order valence-corrected chi connectivity index (χ0v) is 12.7. The Morgan fingerprint density at radius 1 is 1.40 bits per heavy atom. The van der Waals surface area contributed by atoms with Crippen molar-refractivity contribution in [3.63, 3.8) is 0 Å². The standard InChI is InChI=1S/C13H19N3O3S/c1-8(12(18)14-9-4-5-9)20-7-10-6-11(17)16(3)13(19)15(10)2/h6,8-9H,4-5,7H2,1-3H3,(H,14,18). The van der Waals surface area contributed by atoms with Crippen molar-refractivity contribution in [2.24, 2.45) is 14.1 Å². The van der Waals surface area contributed by atoms with E-state index in [2.05, 4.69) is 5.32 Å². The summed E-state index contributed by atoms with van der Waals surface area (Å²) >= 11 is 1.42. The third-order valence-electron chi connectivity index (χ3n) is 3.40. The van der Waals surface area contributed by atoms with Gasteiger partial charge in [0.1, 0.15) is 0 Å². The molecule has 0 aromatic carbocycles. The van der Waals surface area contributed by atoms with Crippen molar-refractivity contribution in [1.29, 1.82) is 0 Å². The highest BCUT2D eigenvalue weighted by atomic mass is 32.2. The summed E-state index contributed by atoms with van der Waals surface area (Å²) < 4.78 is 2.51. The van der Waals surface area contributed by atoms with Crippen molar-refractivity contribution in [2.75, 3.05) is 0 Å². The summed E-state index contributed by atoms with van der Waals surface area (Å²) in [5, 5.41) is 2.74. The first-order valence-electron chi connectivity index (χ1n) is 6.58. The SMILES string of the molecule is CC(SCc1cc(=O)n(C)c(=O)n1C)C(=O)NC1CC1. The molecule has 1 amide bonds. The average molecular weight is 297 g/mol. The van der Waals surface area contributed by atoms with Gasteiger partial charge in [-0.2, -0.15) is 0 Å². The van der Waals surface area contributed by atoms with E-state index in [1.54, 1.807) is 7.05 Å². The summed E-state index contributed by atoms with van der Waals surface area (Å²) in [6, 6.07) is 1.79. The van der Waals surface area contributed by atoms with Crippen LogP contribution in [0, 0.1) is 0 Å². The Labute approximate surface area is 121 Å². The van der Waals surface area contributed by atoms with Gasteiger partial charge in [-0.05, 0) is 19.8 Å². The molecule has 1 saturated carbocycles. The van der Waals surface area contributed by atoms with Gasteiger partial charge in [0, 0.05) is 37.7 Å². The Morgan fingerprint density at radius 2 is 2.05 bits per heavy atom. The van der Waals surface area contributed by atoms with E-state index in [9.17, 15) is 14.4 Å². The quantitative estimate of drug-likeness (QED) is 0.829. The van der Waals surface area contributed by atoms with E-state index in [0.29, 0.717) is 17.5 Å². The number of hydrogen-bond donors (Lipinski definition) is 1. The van der Waals surface area contributed by atoms with Gasteiger partial charge in [-0.25, -0.2) is 4.79 Å². The zero-order valence-electron chi connectivity index (χ0n) is 11.9. The zero-order chi connectivity index (χ0) is 14.9. The molecule has 0 spiro atoms. The molecule has 7 heteroatoms. The summed E-state index contributed by atoms with van der Waals surface area (Å²) in [4.78, 5) is 35.2. The summed E-state index contributed by atoms with van der Waals surface area (Å²) in [5.74, 6) is 0.479. The summed E-state index contributed by atoms with van der Waals surface area (Å²) in [5.41, 5.74) is -0.0314. The lowest BCUT2D eigenvalue weighted by Gasteiger charge is -2.13. The Bertz CT molecular complexity index is 631. The van der Waals surface area contributed by atoms with Gasteiger partial charge in [-0.15, -0.1) is 11.8 Å². The van der Waals surface area contributed by atoms with Crippen LogP contribution in [0.2, 0.25) is 0 Å². The minimum atomic E-state index is -0.344. The molecular weight excluding hydrogens is 278 g/mol. The molecule has 0 bridgehead atoms. The number of rotatable bonds is 5. The van der Waals surface area contributed by atoms with Crippen molar-refractivity contribution in [3.8, 4) is 0 Å². The van der Waals surface area contributed by atoms with Crippen LogP contribution < -0.4 is 16.6 Å². The lowest BCUT2D eigenvalue weighted by molar-refractivity contribution is -0.120. The Balaban J connectivity index is 2.01. The van der Waals surface area contributed by atoms with E-state index in [-0.39, 0.29) is 22.4 Å². The first-order valence-corrected chi connectivity index (χ1v) is 7.63. The van der Waals surface area contributed by atoms with Crippen LogP contribution in [0.25, 0.3) is 0 Å². The van der Waals surface area contributed by atoms with E-state index in [1.807, 2.05) is 6.92 Å². The minimum absolute atomic E-state index is 0.0198. The van der Waals surface area contributed by atoms with Crippen LogP contribution >= 0.6 is 11.8 Å². The van der Waals surface area contributed by atoms with E-state index in [4.69, 9.17) is 0 Å². The number of amides is 1. The van der Waals surface area contributed by atoms with Gasteiger partial charge in [0.15, 0.2) is 0 Å². The maximum atomic E-state index is 11.8. The molecule has 0 radical (unpaired) electrons. The Kier molecular flexibility index (Phi) is 4.37. The van der Waals surface area contributed by atoms with Crippen LogP contribution in [0.3, 0.4) is 0 Å². The Morgan fingerprint density at radius 3 is 2.65 bits per heavy atom. The van der Waals surface area contributed by atoms with Crippen LogP contribution in [0.5, 0.6) is 0 Å². The molecule has 2 rings (SSSR count). The minimum Gasteiger partial charge on any atom is -0.352 e. The number of nitrogens with one attached hydrogen (secondary N) is 1. The van der Waals surface area contributed by atoms with Gasteiger partial charge in [-0.1, -0.05) is 0 Å². The van der Waals surface area contributed by atoms with Crippen molar-refractivity contribution >= 4 is 17.7 Å². The van der Waals surface area contributed by atoms with Crippen molar-refractivity contribution in [3.05, 3.63) is 32.6 Å². The van der Waals surface area contributed by atoms with E-state index < -0.39 is 0 Å². The fourth-order valence-corrected chi connectivity index (χ4v) is 2.67. The number of aromatic nitrogens is 2. The normalized spacial score (nSPS) is 15.9. The van der Waals surface area contributed by atoms with Crippen LogP contribution in [0.1, 0.15) is 25.5 Å². The number of carbonyl (C=O) groups excluding carboxylic acids is 1. The second-order valence-corrected chi connectivity index (χ2v) is 6.44. The Hall–Kier alpha value is -1.50. The van der Waals surface area contributed by atoms with Gasteiger partial charge >= 0.3 is 5.69 Å². The average Bonchev–Trinajstić information content (AvgIpc) is 3.22. The smallest absolute Gasteiger partial charge is 0.330 e. The molecule has 0 saturated heterocycles. The first-order chi connectivity index (χ1) is 9.40. The fraction of sp³-hybridized carbons (Fsp3) is 0.615. The highest BCUT2D eigenvalue weighted by molar-refractivity contribution is 7.99. The number of thioether (sulfide) groups is 1. The van der Waals surface area contributed by atoms with E-state index >= 15 is 0 Å². The van der Waals surface area contributed by atoms with Crippen LogP contribution in [-0.4, -0.2) is 26.3 Å². The molecule has 1 aliphatic carbocycles. The number of nitrogens with zero attached hydrogens (tertiary/aromatic N) is 2. The molecule has 1 fully saturated rings. The lowest BCUT2D eigenvalue weighted by Crippen LogP contribution is -2.38. The second kappa shape index (κ2) is 5.87. The molecule has 0 aliphatic heterocycles. The van der Waals surface area contributed by atoms with Gasteiger partial charge in [0.2, 0.25) is 5.91 Å². The van der Waals surface area contributed by atoms with Crippen LogP contribution in [0.4, 0.5) is 0 Å². The molecule has 1 heterocycles. The summed E-state index contributed by atoms with van der Waals surface area (Å²) in [6.45, 7) is 1.83. The van der Waals surface area contributed by atoms with Gasteiger partial charge < -0.3 is 5.32 Å². The van der Waals surface area contributed by atoms with Crippen molar-refractivity contribution < 1.29 is 4.79 Å². The molecule has 20 heavy (non-hydrogen) atoms. The molecule has 1 N–H and O–H groups in total. The predicted octanol–water partition coefficient (Wildman–Crippen LogP) is -0.0157. The highest BCUT2D eigenvalue weighted by Crippen LogP contribution is 2.21. The molecule has 1 unspecified atom stereocenters. The summed E-state index contributed by atoms with van der Waals surface area (Å²) in [6.07, 6.45) is 2.12.